The molecule has 0 aliphatic heterocycles. The topological polar surface area (TPSA) is 84.0 Å². The van der Waals surface area contributed by atoms with E-state index in [1.807, 2.05) is 0 Å². The summed E-state index contributed by atoms with van der Waals surface area (Å²) in [6.45, 7) is 1.92. The van der Waals surface area contributed by atoms with Gasteiger partial charge in [0.05, 0.1) is 4.90 Å². The number of nitrogens with one attached hydrogen (secondary N) is 2. The molecule has 0 saturated carbocycles. The number of hydrogen-bond donors (Lipinski definition) is 2. The van der Waals surface area contributed by atoms with E-state index < -0.39 is 15.8 Å². The van der Waals surface area contributed by atoms with E-state index in [9.17, 15) is 17.2 Å². The van der Waals surface area contributed by atoms with Crippen molar-refractivity contribution in [3.05, 3.63) is 77.4 Å². The van der Waals surface area contributed by atoms with Crippen LogP contribution in [0.25, 0.3) is 0 Å². The quantitative estimate of drug-likeness (QED) is 0.673. The van der Waals surface area contributed by atoms with Gasteiger partial charge in [-0.15, -0.1) is 10.2 Å². The van der Waals surface area contributed by atoms with Crippen LogP contribution in [-0.2, 0) is 16.6 Å². The molecule has 0 saturated heterocycles. The second-order valence-corrected chi connectivity index (χ2v) is 7.45. The monoisotopic (exact) mass is 390 g/mol. The van der Waals surface area contributed by atoms with Gasteiger partial charge in [0.2, 0.25) is 0 Å². The van der Waals surface area contributed by atoms with Crippen LogP contribution in [0.1, 0.15) is 11.1 Å². The molecule has 3 rings (SSSR count). The summed E-state index contributed by atoms with van der Waals surface area (Å²) < 4.78 is 53.2. The van der Waals surface area contributed by atoms with Crippen molar-refractivity contribution >= 4 is 21.7 Å². The fourth-order valence-electron chi connectivity index (χ4n) is 2.38. The van der Waals surface area contributed by atoms with Crippen LogP contribution in [0.15, 0.2) is 59.5 Å². The number of benzene rings is 2. The minimum absolute atomic E-state index is 0.0334. The number of aromatic nitrogens is 2. The van der Waals surface area contributed by atoms with Gasteiger partial charge < -0.3 is 5.32 Å². The first-order chi connectivity index (χ1) is 12.8. The average Bonchev–Trinajstić information content (AvgIpc) is 2.62. The lowest BCUT2D eigenvalue weighted by Gasteiger charge is -2.10. The van der Waals surface area contributed by atoms with Gasteiger partial charge in [-0.05, 0) is 60.5 Å². The molecule has 2 N–H and O–H groups in total. The molecule has 0 unspecified atom stereocenters. The van der Waals surface area contributed by atoms with Crippen LogP contribution in [-0.4, -0.2) is 18.6 Å². The smallest absolute Gasteiger partial charge is 0.263 e. The summed E-state index contributed by atoms with van der Waals surface area (Å²) >= 11 is 0. The molecule has 1 heterocycles. The highest BCUT2D eigenvalue weighted by Gasteiger charge is 2.18. The standard InChI is InChI=1S/C18H16F2N4O2S/c1-12-10-15(20)6-7-16(12)27(25,26)24-18-9-8-17(22-23-18)21-11-13-2-4-14(19)5-3-13/h2-10H,11H2,1H3,(H,21,22)(H,23,24). The highest BCUT2D eigenvalue weighted by atomic mass is 32.2. The molecule has 0 aliphatic carbocycles. The van der Waals surface area contributed by atoms with Gasteiger partial charge in [-0.3, -0.25) is 4.72 Å². The summed E-state index contributed by atoms with van der Waals surface area (Å²) in [5, 5.41) is 10.7. The fourth-order valence-corrected chi connectivity index (χ4v) is 3.61. The zero-order valence-corrected chi connectivity index (χ0v) is 15.1. The Morgan fingerprint density at radius 3 is 2.15 bits per heavy atom. The minimum Gasteiger partial charge on any atom is -0.365 e. The predicted molar refractivity (Wildman–Crippen MR) is 97.7 cm³/mol. The van der Waals surface area contributed by atoms with E-state index >= 15 is 0 Å². The Kier molecular flexibility index (Phi) is 5.31. The molecular weight excluding hydrogens is 374 g/mol. The Morgan fingerprint density at radius 2 is 1.52 bits per heavy atom. The first kappa shape index (κ1) is 18.7. The lowest BCUT2D eigenvalue weighted by molar-refractivity contribution is 0.598. The summed E-state index contributed by atoms with van der Waals surface area (Å²) in [5.74, 6) is -0.360. The first-order valence-corrected chi connectivity index (χ1v) is 9.43. The van der Waals surface area contributed by atoms with Crippen molar-refractivity contribution in [2.24, 2.45) is 0 Å². The van der Waals surface area contributed by atoms with Gasteiger partial charge >= 0.3 is 0 Å². The third-order valence-electron chi connectivity index (χ3n) is 3.72. The molecule has 0 atom stereocenters. The molecule has 3 aromatic rings. The van der Waals surface area contributed by atoms with Crippen LogP contribution in [0.3, 0.4) is 0 Å². The molecule has 0 amide bonds. The van der Waals surface area contributed by atoms with Crippen LogP contribution < -0.4 is 10.0 Å². The lowest BCUT2D eigenvalue weighted by Crippen LogP contribution is -2.16. The van der Waals surface area contributed by atoms with E-state index in [4.69, 9.17) is 0 Å². The molecule has 2 aromatic carbocycles. The predicted octanol–water partition coefficient (Wildman–Crippen LogP) is 3.48. The van der Waals surface area contributed by atoms with E-state index in [-0.39, 0.29) is 22.1 Å². The molecule has 0 spiro atoms. The third kappa shape index (κ3) is 4.76. The molecule has 0 bridgehead atoms. The van der Waals surface area contributed by atoms with Gasteiger partial charge in [-0.25, -0.2) is 17.2 Å². The highest BCUT2D eigenvalue weighted by molar-refractivity contribution is 7.92. The molecule has 1 aromatic heterocycles. The van der Waals surface area contributed by atoms with Crippen molar-refractivity contribution in [2.75, 3.05) is 10.0 Å². The number of halogens is 2. The van der Waals surface area contributed by atoms with Crippen molar-refractivity contribution in [3.8, 4) is 0 Å². The van der Waals surface area contributed by atoms with Crippen LogP contribution in [0.4, 0.5) is 20.4 Å². The summed E-state index contributed by atoms with van der Waals surface area (Å²) in [4.78, 5) is -0.0378. The molecule has 9 heteroatoms. The lowest BCUT2D eigenvalue weighted by atomic mass is 10.2. The number of aryl methyl sites for hydroxylation is 1. The second-order valence-electron chi connectivity index (χ2n) is 5.80. The van der Waals surface area contributed by atoms with Crippen LogP contribution in [0.2, 0.25) is 0 Å². The number of rotatable bonds is 6. The molecule has 6 nitrogen and oxygen atoms in total. The van der Waals surface area contributed by atoms with E-state index in [1.165, 1.54) is 31.2 Å². The molecule has 0 radical (unpaired) electrons. The maximum Gasteiger partial charge on any atom is 0.263 e. The summed E-state index contributed by atoms with van der Waals surface area (Å²) in [6.07, 6.45) is 0. The highest BCUT2D eigenvalue weighted by Crippen LogP contribution is 2.19. The molecule has 0 aliphatic rings. The molecular formula is C18H16F2N4O2S. The van der Waals surface area contributed by atoms with E-state index in [0.717, 1.165) is 17.7 Å². The van der Waals surface area contributed by atoms with Gasteiger partial charge in [0.15, 0.2) is 5.82 Å². The summed E-state index contributed by atoms with van der Waals surface area (Å²) in [7, 11) is -3.91. The maximum atomic E-state index is 13.2. The van der Waals surface area contributed by atoms with E-state index in [1.54, 1.807) is 18.2 Å². The second kappa shape index (κ2) is 7.67. The average molecular weight is 390 g/mol. The molecule has 140 valence electrons. The maximum absolute atomic E-state index is 13.2. The summed E-state index contributed by atoms with van der Waals surface area (Å²) in [6, 6.07) is 12.4. The number of nitrogens with zero attached hydrogens (tertiary/aromatic N) is 2. The fraction of sp³-hybridized carbons (Fsp3) is 0.111. The zero-order chi connectivity index (χ0) is 19.4. The summed E-state index contributed by atoms with van der Waals surface area (Å²) in [5.41, 5.74) is 1.14. The molecule has 27 heavy (non-hydrogen) atoms. The first-order valence-electron chi connectivity index (χ1n) is 7.94. The Hall–Kier alpha value is -3.07. The van der Waals surface area contributed by atoms with Crippen LogP contribution >= 0.6 is 0 Å². The SMILES string of the molecule is Cc1cc(F)ccc1S(=O)(=O)Nc1ccc(NCc2ccc(F)cc2)nn1. The van der Waals surface area contributed by atoms with Crippen molar-refractivity contribution in [2.45, 2.75) is 18.4 Å². The number of anilines is 2. The van der Waals surface area contributed by atoms with Crippen molar-refractivity contribution in [3.63, 3.8) is 0 Å². The Balaban J connectivity index is 1.67. The minimum atomic E-state index is -3.91. The normalized spacial score (nSPS) is 11.2. The van der Waals surface area contributed by atoms with Gasteiger partial charge in [0.25, 0.3) is 10.0 Å². The van der Waals surface area contributed by atoms with Crippen LogP contribution in [0, 0.1) is 18.6 Å². The largest absolute Gasteiger partial charge is 0.365 e. The van der Waals surface area contributed by atoms with Gasteiger partial charge in [0.1, 0.15) is 17.5 Å². The van der Waals surface area contributed by atoms with Gasteiger partial charge in [-0.2, -0.15) is 0 Å². The van der Waals surface area contributed by atoms with E-state index in [2.05, 4.69) is 20.2 Å². The van der Waals surface area contributed by atoms with Gasteiger partial charge in [-0.1, -0.05) is 12.1 Å². The van der Waals surface area contributed by atoms with Crippen molar-refractivity contribution < 1.29 is 17.2 Å². The number of sulfonamides is 1. The van der Waals surface area contributed by atoms with Crippen molar-refractivity contribution in [1.82, 2.24) is 10.2 Å². The third-order valence-corrected chi connectivity index (χ3v) is 5.23. The Bertz CT molecular complexity index is 1040. The Labute approximate surface area is 155 Å². The van der Waals surface area contributed by atoms with Crippen molar-refractivity contribution in [1.29, 1.82) is 0 Å². The Morgan fingerprint density at radius 1 is 0.889 bits per heavy atom. The molecule has 0 fully saturated rings. The van der Waals surface area contributed by atoms with Gasteiger partial charge in [0, 0.05) is 6.54 Å². The van der Waals surface area contributed by atoms with E-state index in [0.29, 0.717) is 12.4 Å². The van der Waals surface area contributed by atoms with Crippen LogP contribution in [0.5, 0.6) is 0 Å². The zero-order valence-electron chi connectivity index (χ0n) is 14.3. The number of hydrogen-bond acceptors (Lipinski definition) is 5.